The quantitative estimate of drug-likeness (QED) is 0.919. The van der Waals surface area contributed by atoms with Crippen molar-refractivity contribution in [1.29, 1.82) is 0 Å². The molecule has 3 aliphatic rings. The Hall–Kier alpha value is -1.20. The molecule has 1 unspecified atom stereocenters. The lowest BCUT2D eigenvalue weighted by Gasteiger charge is -2.38. The van der Waals surface area contributed by atoms with E-state index in [1.54, 1.807) is 0 Å². The van der Waals surface area contributed by atoms with E-state index in [9.17, 15) is 4.79 Å². The maximum Gasteiger partial charge on any atom is 0.228 e. The molecule has 1 saturated carbocycles. The van der Waals surface area contributed by atoms with Crippen LogP contribution in [0.15, 0.2) is 24.3 Å². The fraction of sp³-hybridized carbons (Fsp3) is 0.611. The fourth-order valence-corrected chi connectivity index (χ4v) is 4.50. The topological polar surface area (TPSA) is 35.6 Å². The Morgan fingerprint density at radius 1 is 1.22 bits per heavy atom. The minimum atomic E-state index is 0.267. The monoisotopic (exact) mass is 331 g/mol. The summed E-state index contributed by atoms with van der Waals surface area (Å²) in [4.78, 5) is 17.3. The molecule has 1 amide bonds. The smallest absolute Gasteiger partial charge is 0.228 e. The second-order valence-corrected chi connectivity index (χ2v) is 8.00. The van der Waals surface area contributed by atoms with Crippen LogP contribution in [0.2, 0.25) is 0 Å². The van der Waals surface area contributed by atoms with Gasteiger partial charge in [0.25, 0.3) is 0 Å². The summed E-state index contributed by atoms with van der Waals surface area (Å²) in [6.07, 6.45) is 3.35. The predicted octanol–water partition coefficient (Wildman–Crippen LogP) is 2.34. The number of hydrogen-bond donors (Lipinski definition) is 1. The average molecular weight is 331 g/mol. The molecule has 2 fully saturated rings. The van der Waals surface area contributed by atoms with Gasteiger partial charge >= 0.3 is 0 Å². The number of rotatable bonds is 4. The van der Waals surface area contributed by atoms with Gasteiger partial charge < -0.3 is 15.1 Å². The Morgan fingerprint density at radius 3 is 2.78 bits per heavy atom. The minimum absolute atomic E-state index is 0.267. The van der Waals surface area contributed by atoms with Crippen molar-refractivity contribution in [3.8, 4) is 0 Å². The number of nitrogens with one attached hydrogen (secondary N) is 1. The number of hydrogen-bond acceptors (Lipinski definition) is 4. The molecule has 0 aromatic heterocycles. The summed E-state index contributed by atoms with van der Waals surface area (Å²) in [5, 5.41) is 3.48. The number of thioether (sulfide) groups is 1. The van der Waals surface area contributed by atoms with Crippen molar-refractivity contribution in [2.75, 3.05) is 47.5 Å². The first-order valence-corrected chi connectivity index (χ1v) is 9.92. The average Bonchev–Trinajstić information content (AvgIpc) is 3.40. The summed E-state index contributed by atoms with van der Waals surface area (Å²) in [7, 11) is 0. The Balaban J connectivity index is 1.48. The van der Waals surface area contributed by atoms with Crippen LogP contribution >= 0.6 is 11.8 Å². The lowest BCUT2D eigenvalue weighted by Crippen LogP contribution is -2.47. The van der Waals surface area contributed by atoms with Crippen molar-refractivity contribution in [3.63, 3.8) is 0 Å². The van der Waals surface area contributed by atoms with Crippen LogP contribution in [0.4, 0.5) is 11.4 Å². The number of fused-ring (bicyclic) bond motifs is 1. The van der Waals surface area contributed by atoms with Crippen LogP contribution in [0.25, 0.3) is 0 Å². The van der Waals surface area contributed by atoms with Gasteiger partial charge in [-0.1, -0.05) is 12.1 Å². The zero-order valence-corrected chi connectivity index (χ0v) is 14.4. The highest BCUT2D eigenvalue weighted by Gasteiger charge is 2.31. The van der Waals surface area contributed by atoms with Crippen molar-refractivity contribution in [2.24, 2.45) is 5.92 Å². The number of carbonyl (C=O) groups excluding carboxylic acids is 1. The third-order valence-corrected chi connectivity index (χ3v) is 6.13. The lowest BCUT2D eigenvalue weighted by atomic mass is 10.1. The van der Waals surface area contributed by atoms with Gasteiger partial charge in [-0.05, 0) is 30.9 Å². The third kappa shape index (κ3) is 3.50. The van der Waals surface area contributed by atoms with Crippen molar-refractivity contribution < 1.29 is 4.79 Å². The zero-order chi connectivity index (χ0) is 15.6. The number of benzene rings is 1. The SMILES string of the molecule is O=C(CC1CSCCN1)N1CCN(CC2CC2)c2ccccc21. The summed E-state index contributed by atoms with van der Waals surface area (Å²) in [6, 6.07) is 8.75. The van der Waals surface area contributed by atoms with Crippen LogP contribution in [-0.4, -0.2) is 49.6 Å². The predicted molar refractivity (Wildman–Crippen MR) is 97.5 cm³/mol. The van der Waals surface area contributed by atoms with Gasteiger partial charge in [-0.2, -0.15) is 11.8 Å². The summed E-state index contributed by atoms with van der Waals surface area (Å²) >= 11 is 1.95. The molecular weight excluding hydrogens is 306 g/mol. The van der Waals surface area contributed by atoms with Gasteiger partial charge in [-0.25, -0.2) is 0 Å². The molecule has 23 heavy (non-hydrogen) atoms. The van der Waals surface area contributed by atoms with E-state index in [4.69, 9.17) is 0 Å². The highest BCUT2D eigenvalue weighted by Crippen LogP contribution is 2.37. The van der Waals surface area contributed by atoms with Crippen molar-refractivity contribution in [3.05, 3.63) is 24.3 Å². The summed E-state index contributed by atoms with van der Waals surface area (Å²) in [6.45, 7) is 3.96. The molecule has 124 valence electrons. The zero-order valence-electron chi connectivity index (χ0n) is 13.5. The molecule has 2 aliphatic heterocycles. The third-order valence-electron chi connectivity index (χ3n) is 5.00. The van der Waals surface area contributed by atoms with E-state index in [-0.39, 0.29) is 5.91 Å². The molecule has 1 aromatic rings. The van der Waals surface area contributed by atoms with E-state index < -0.39 is 0 Å². The maximum absolute atomic E-state index is 12.8. The fourth-order valence-electron chi connectivity index (χ4n) is 3.55. The molecule has 1 aromatic carbocycles. The van der Waals surface area contributed by atoms with E-state index in [1.807, 2.05) is 16.7 Å². The molecule has 4 nitrogen and oxygen atoms in total. The van der Waals surface area contributed by atoms with Crippen LogP contribution in [-0.2, 0) is 4.79 Å². The van der Waals surface area contributed by atoms with Crippen molar-refractivity contribution in [1.82, 2.24) is 5.32 Å². The number of amides is 1. The minimum Gasteiger partial charge on any atom is -0.368 e. The second kappa shape index (κ2) is 6.73. The van der Waals surface area contributed by atoms with Gasteiger partial charge in [0.15, 0.2) is 0 Å². The Bertz CT molecular complexity index is 569. The highest BCUT2D eigenvalue weighted by atomic mass is 32.2. The van der Waals surface area contributed by atoms with Crippen LogP contribution in [0.3, 0.4) is 0 Å². The first kappa shape index (κ1) is 15.3. The molecule has 4 rings (SSSR count). The van der Waals surface area contributed by atoms with E-state index in [0.29, 0.717) is 12.5 Å². The molecule has 2 heterocycles. The van der Waals surface area contributed by atoms with Gasteiger partial charge in [-0.15, -0.1) is 0 Å². The molecule has 1 aliphatic carbocycles. The molecule has 1 saturated heterocycles. The Morgan fingerprint density at radius 2 is 2.04 bits per heavy atom. The number of nitrogens with zero attached hydrogens (tertiary/aromatic N) is 2. The molecule has 5 heteroatoms. The Kier molecular flexibility index (Phi) is 4.49. The molecule has 0 radical (unpaired) electrons. The second-order valence-electron chi connectivity index (χ2n) is 6.85. The van der Waals surface area contributed by atoms with E-state index in [1.165, 1.54) is 18.5 Å². The van der Waals surface area contributed by atoms with Gasteiger partial charge in [0, 0.05) is 50.1 Å². The molecule has 1 atom stereocenters. The lowest BCUT2D eigenvalue weighted by molar-refractivity contribution is -0.119. The van der Waals surface area contributed by atoms with Gasteiger partial charge in [0.05, 0.1) is 11.4 Å². The normalized spacial score (nSPS) is 24.4. The van der Waals surface area contributed by atoms with Crippen LogP contribution < -0.4 is 15.1 Å². The van der Waals surface area contributed by atoms with Crippen LogP contribution in [0, 0.1) is 5.92 Å². The molecule has 1 N–H and O–H groups in total. The van der Waals surface area contributed by atoms with E-state index in [2.05, 4.69) is 34.5 Å². The molecule has 0 bridgehead atoms. The number of anilines is 2. The summed E-state index contributed by atoms with van der Waals surface area (Å²) in [5.74, 6) is 3.35. The standard InChI is InChI=1S/C18H25N3OS/c22-18(11-15-13-23-10-7-19-15)21-9-8-20(12-14-5-6-14)16-3-1-2-4-17(16)21/h1-4,14-15,19H,5-13H2. The van der Waals surface area contributed by atoms with Crippen LogP contribution in [0.1, 0.15) is 19.3 Å². The van der Waals surface area contributed by atoms with Gasteiger partial charge in [0.2, 0.25) is 5.91 Å². The number of carbonyl (C=O) groups is 1. The van der Waals surface area contributed by atoms with Crippen molar-refractivity contribution in [2.45, 2.75) is 25.3 Å². The Labute approximate surface area is 142 Å². The first-order chi connectivity index (χ1) is 11.3. The van der Waals surface area contributed by atoms with Gasteiger partial charge in [-0.3, -0.25) is 4.79 Å². The molecular formula is C18H25N3OS. The van der Waals surface area contributed by atoms with Gasteiger partial charge in [0.1, 0.15) is 0 Å². The first-order valence-electron chi connectivity index (χ1n) is 8.77. The van der Waals surface area contributed by atoms with Crippen LogP contribution in [0.5, 0.6) is 0 Å². The van der Waals surface area contributed by atoms with E-state index in [0.717, 1.165) is 49.3 Å². The van der Waals surface area contributed by atoms with Crippen molar-refractivity contribution >= 4 is 29.0 Å². The largest absolute Gasteiger partial charge is 0.368 e. The summed E-state index contributed by atoms with van der Waals surface area (Å²) in [5.41, 5.74) is 2.35. The molecule has 0 spiro atoms. The summed E-state index contributed by atoms with van der Waals surface area (Å²) < 4.78 is 0. The number of para-hydroxylation sites is 2. The maximum atomic E-state index is 12.8. The van der Waals surface area contributed by atoms with E-state index >= 15 is 0 Å². The highest BCUT2D eigenvalue weighted by molar-refractivity contribution is 7.99.